The number of oxazole rings is 1. The van der Waals surface area contributed by atoms with Gasteiger partial charge in [-0.2, -0.15) is 0 Å². The Morgan fingerprint density at radius 3 is 2.95 bits per heavy atom. The number of aryl methyl sites for hydroxylation is 2. The van der Waals surface area contributed by atoms with Crippen molar-refractivity contribution < 1.29 is 4.42 Å². The molecule has 4 rings (SSSR count). The zero-order valence-electron chi connectivity index (χ0n) is 11.1. The summed E-state index contributed by atoms with van der Waals surface area (Å²) in [5.41, 5.74) is 4.71. The quantitative estimate of drug-likeness (QED) is 0.514. The summed E-state index contributed by atoms with van der Waals surface area (Å²) in [5.74, 6) is 0.673. The lowest BCUT2D eigenvalue weighted by molar-refractivity contribution is 0.561. The minimum absolute atomic E-state index is 0.673. The lowest BCUT2D eigenvalue weighted by atomic mass is 10.0. The molecule has 0 spiro atoms. The highest BCUT2D eigenvalue weighted by Crippen LogP contribution is 2.31. The maximum atomic E-state index is 5.58. The molecule has 0 N–H and O–H groups in total. The summed E-state index contributed by atoms with van der Waals surface area (Å²) in [5, 5.41) is 1.08. The summed E-state index contributed by atoms with van der Waals surface area (Å²) in [7, 11) is 0. The van der Waals surface area contributed by atoms with Crippen LogP contribution in [-0.2, 0) is 0 Å². The van der Waals surface area contributed by atoms with Gasteiger partial charge in [0.05, 0.1) is 15.2 Å². The van der Waals surface area contributed by atoms with Crippen molar-refractivity contribution in [2.45, 2.75) is 13.8 Å². The van der Waals surface area contributed by atoms with Crippen LogP contribution in [-0.4, -0.2) is 9.97 Å². The van der Waals surface area contributed by atoms with Crippen LogP contribution < -0.4 is 0 Å². The molecule has 4 heteroatoms. The summed E-state index contributed by atoms with van der Waals surface area (Å²) in [6.07, 6.45) is 0. The third-order valence-corrected chi connectivity index (χ3v) is 4.19. The molecule has 0 bridgehead atoms. The number of nitrogens with zero attached hydrogens (tertiary/aromatic N) is 2. The molecule has 0 amide bonds. The van der Waals surface area contributed by atoms with E-state index in [0.29, 0.717) is 5.89 Å². The van der Waals surface area contributed by atoms with Gasteiger partial charge in [0, 0.05) is 12.5 Å². The standard InChI is InChI=1S/C16H11N2OS/c1-9-17-16-12(4-3-5-14(16)19-9)11-6-7-15-13(8-11)18-10(2)20-15/h3,5-8H,1-2H3. The summed E-state index contributed by atoms with van der Waals surface area (Å²) >= 11 is 1.71. The minimum Gasteiger partial charge on any atom is -0.441 e. The number of benzene rings is 2. The summed E-state index contributed by atoms with van der Waals surface area (Å²) in [6, 6.07) is 13.3. The van der Waals surface area contributed by atoms with Gasteiger partial charge in [0.2, 0.25) is 0 Å². The summed E-state index contributed by atoms with van der Waals surface area (Å²) in [6.45, 7) is 3.88. The van der Waals surface area contributed by atoms with Crippen molar-refractivity contribution in [1.29, 1.82) is 0 Å². The van der Waals surface area contributed by atoms with Gasteiger partial charge in [-0.3, -0.25) is 0 Å². The van der Waals surface area contributed by atoms with E-state index < -0.39 is 0 Å². The Labute approximate surface area is 119 Å². The Morgan fingerprint density at radius 1 is 1.15 bits per heavy atom. The smallest absolute Gasteiger partial charge is 0.192 e. The van der Waals surface area contributed by atoms with Crippen LogP contribution in [0.25, 0.3) is 32.4 Å². The first-order chi connectivity index (χ1) is 9.70. The molecule has 2 heterocycles. The van der Waals surface area contributed by atoms with Crippen LogP contribution in [0.15, 0.2) is 34.7 Å². The van der Waals surface area contributed by atoms with E-state index in [4.69, 9.17) is 4.42 Å². The fourth-order valence-electron chi connectivity index (χ4n) is 2.42. The molecule has 0 saturated heterocycles. The zero-order chi connectivity index (χ0) is 13.7. The van der Waals surface area contributed by atoms with Crippen molar-refractivity contribution in [3.8, 4) is 11.1 Å². The number of thiazole rings is 1. The molecule has 2 aromatic carbocycles. The van der Waals surface area contributed by atoms with E-state index in [1.165, 1.54) is 4.70 Å². The minimum atomic E-state index is 0.673. The van der Waals surface area contributed by atoms with E-state index in [0.717, 1.165) is 32.8 Å². The molecular weight excluding hydrogens is 268 g/mol. The topological polar surface area (TPSA) is 38.9 Å². The second-order valence-corrected chi connectivity index (χ2v) is 5.95. The van der Waals surface area contributed by atoms with Gasteiger partial charge in [0.15, 0.2) is 11.5 Å². The number of aromatic nitrogens is 2. The van der Waals surface area contributed by atoms with Gasteiger partial charge in [0.25, 0.3) is 0 Å². The first kappa shape index (κ1) is 11.6. The molecule has 0 fully saturated rings. The van der Waals surface area contributed by atoms with Crippen LogP contribution in [0.2, 0.25) is 0 Å². The Bertz CT molecular complexity index is 936. The van der Waals surface area contributed by atoms with Crippen LogP contribution in [0, 0.1) is 19.9 Å². The van der Waals surface area contributed by atoms with Gasteiger partial charge >= 0.3 is 0 Å². The van der Waals surface area contributed by atoms with E-state index >= 15 is 0 Å². The van der Waals surface area contributed by atoms with Gasteiger partial charge < -0.3 is 4.42 Å². The van der Waals surface area contributed by atoms with Crippen LogP contribution in [0.1, 0.15) is 10.9 Å². The van der Waals surface area contributed by atoms with Gasteiger partial charge in [-0.05, 0) is 42.8 Å². The lowest BCUT2D eigenvalue weighted by Gasteiger charge is -2.01. The molecule has 97 valence electrons. The Hall–Kier alpha value is -2.20. The predicted molar refractivity (Wildman–Crippen MR) is 80.9 cm³/mol. The Morgan fingerprint density at radius 2 is 2.05 bits per heavy atom. The van der Waals surface area contributed by atoms with E-state index in [-0.39, 0.29) is 0 Å². The molecule has 0 aliphatic carbocycles. The van der Waals surface area contributed by atoms with Crippen molar-refractivity contribution in [2.24, 2.45) is 0 Å². The molecule has 4 aromatic rings. The summed E-state index contributed by atoms with van der Waals surface area (Å²) < 4.78 is 6.78. The fourth-order valence-corrected chi connectivity index (χ4v) is 3.23. The van der Waals surface area contributed by atoms with Crippen LogP contribution in [0.5, 0.6) is 0 Å². The van der Waals surface area contributed by atoms with Gasteiger partial charge in [-0.1, -0.05) is 6.07 Å². The second kappa shape index (κ2) is 4.15. The largest absolute Gasteiger partial charge is 0.441 e. The molecule has 0 atom stereocenters. The van der Waals surface area contributed by atoms with E-state index in [1.807, 2.05) is 26.0 Å². The van der Waals surface area contributed by atoms with Gasteiger partial charge in [-0.25, -0.2) is 9.97 Å². The maximum Gasteiger partial charge on any atom is 0.192 e. The molecule has 0 saturated carbocycles. The first-order valence-corrected chi connectivity index (χ1v) is 7.18. The average molecular weight is 279 g/mol. The molecular formula is C16H11N2OS. The van der Waals surface area contributed by atoms with Crippen molar-refractivity contribution in [3.05, 3.63) is 47.3 Å². The van der Waals surface area contributed by atoms with Crippen molar-refractivity contribution in [3.63, 3.8) is 0 Å². The van der Waals surface area contributed by atoms with Crippen molar-refractivity contribution >= 4 is 32.7 Å². The van der Waals surface area contributed by atoms with Crippen LogP contribution in [0.3, 0.4) is 0 Å². The molecule has 0 unspecified atom stereocenters. The van der Waals surface area contributed by atoms with E-state index in [1.54, 1.807) is 11.3 Å². The molecule has 2 aromatic heterocycles. The number of rotatable bonds is 1. The second-order valence-electron chi connectivity index (χ2n) is 4.71. The third-order valence-electron chi connectivity index (χ3n) is 3.24. The molecule has 20 heavy (non-hydrogen) atoms. The van der Waals surface area contributed by atoms with Crippen LogP contribution >= 0.6 is 11.3 Å². The first-order valence-electron chi connectivity index (χ1n) is 6.36. The van der Waals surface area contributed by atoms with E-state index in [2.05, 4.69) is 34.2 Å². The lowest BCUT2D eigenvalue weighted by Crippen LogP contribution is -1.81. The number of hydrogen-bond acceptors (Lipinski definition) is 4. The Balaban J connectivity index is 2.00. The molecule has 1 radical (unpaired) electrons. The number of fused-ring (bicyclic) bond motifs is 2. The van der Waals surface area contributed by atoms with Crippen LogP contribution in [0.4, 0.5) is 0 Å². The van der Waals surface area contributed by atoms with Crippen molar-refractivity contribution in [2.75, 3.05) is 0 Å². The van der Waals surface area contributed by atoms with E-state index in [9.17, 15) is 0 Å². The zero-order valence-corrected chi connectivity index (χ0v) is 11.9. The highest BCUT2D eigenvalue weighted by atomic mass is 32.1. The SMILES string of the molecule is Cc1nc2c(-c3ccc4sc(C)nc4c3)[c]ccc2o1. The predicted octanol–water partition coefficient (Wildman–Crippen LogP) is 4.52. The molecule has 3 nitrogen and oxygen atoms in total. The van der Waals surface area contributed by atoms with Gasteiger partial charge in [0.1, 0.15) is 5.52 Å². The molecule has 0 aliphatic heterocycles. The number of hydrogen-bond donors (Lipinski definition) is 0. The third kappa shape index (κ3) is 1.72. The highest BCUT2D eigenvalue weighted by Gasteiger charge is 2.11. The monoisotopic (exact) mass is 279 g/mol. The fraction of sp³-hybridized carbons (Fsp3) is 0.125. The molecule has 0 aliphatic rings. The van der Waals surface area contributed by atoms with Gasteiger partial charge in [-0.15, -0.1) is 11.3 Å². The highest BCUT2D eigenvalue weighted by molar-refractivity contribution is 7.18. The van der Waals surface area contributed by atoms with Crippen molar-refractivity contribution in [1.82, 2.24) is 9.97 Å². The maximum absolute atomic E-state index is 5.58. The Kier molecular flexibility index (Phi) is 2.41. The summed E-state index contributed by atoms with van der Waals surface area (Å²) in [4.78, 5) is 9.00. The normalized spacial score (nSPS) is 11.5. The average Bonchev–Trinajstić information content (AvgIpc) is 2.97.